The Morgan fingerprint density at radius 2 is 1.95 bits per heavy atom. The van der Waals surface area contributed by atoms with E-state index in [0.29, 0.717) is 5.92 Å². The van der Waals surface area contributed by atoms with Gasteiger partial charge in [0, 0.05) is 17.0 Å². The van der Waals surface area contributed by atoms with Gasteiger partial charge in [0.15, 0.2) is 0 Å². The van der Waals surface area contributed by atoms with Crippen LogP contribution < -0.4 is 5.56 Å². The zero-order chi connectivity index (χ0) is 15.3. The van der Waals surface area contributed by atoms with Crippen LogP contribution in [0.5, 0.6) is 0 Å². The van der Waals surface area contributed by atoms with Gasteiger partial charge >= 0.3 is 5.97 Å². The quantitative estimate of drug-likeness (QED) is 0.893. The van der Waals surface area contributed by atoms with E-state index in [1.807, 2.05) is 18.2 Å². The fourth-order valence-corrected chi connectivity index (χ4v) is 4.32. The van der Waals surface area contributed by atoms with Gasteiger partial charge in [0.1, 0.15) is 0 Å². The highest BCUT2D eigenvalue weighted by atomic mass is 16.4. The molecule has 0 saturated heterocycles. The summed E-state index contributed by atoms with van der Waals surface area (Å²) >= 11 is 0. The van der Waals surface area contributed by atoms with Crippen molar-refractivity contribution in [3.8, 4) is 0 Å². The molecule has 2 saturated carbocycles. The first-order valence-corrected chi connectivity index (χ1v) is 7.94. The standard InChI is InChI=1S/C18H19NO3/c20-16-9-13(12-3-1-2-4-15(12)19-16)11-5-7-18(8-6-11)10-14(18)17(21)22/h1-4,9,11,14H,5-8,10H2,(H,19,20)(H,21,22). The minimum absolute atomic E-state index is 0.0520. The molecule has 0 aliphatic heterocycles. The third-order valence-corrected chi connectivity index (χ3v) is 5.69. The number of nitrogens with one attached hydrogen (secondary N) is 1. The van der Waals surface area contributed by atoms with Crippen LogP contribution in [-0.2, 0) is 4.79 Å². The smallest absolute Gasteiger partial charge is 0.307 e. The van der Waals surface area contributed by atoms with Gasteiger partial charge in [-0.3, -0.25) is 9.59 Å². The molecule has 114 valence electrons. The van der Waals surface area contributed by atoms with Gasteiger partial charge in [0.05, 0.1) is 5.92 Å². The van der Waals surface area contributed by atoms with Gasteiger partial charge in [-0.1, -0.05) is 18.2 Å². The topological polar surface area (TPSA) is 70.2 Å². The summed E-state index contributed by atoms with van der Waals surface area (Å²) in [5.74, 6) is -0.405. The summed E-state index contributed by atoms with van der Waals surface area (Å²) in [7, 11) is 0. The highest BCUT2D eigenvalue weighted by Gasteiger charge is 2.58. The van der Waals surface area contributed by atoms with Crippen molar-refractivity contribution in [2.45, 2.75) is 38.0 Å². The Labute approximate surface area is 128 Å². The predicted octanol–water partition coefficient (Wildman–Crippen LogP) is 3.28. The number of carbonyl (C=O) groups is 1. The Hall–Kier alpha value is -2.10. The van der Waals surface area contributed by atoms with Crippen molar-refractivity contribution in [3.05, 3.63) is 46.2 Å². The van der Waals surface area contributed by atoms with Gasteiger partial charge < -0.3 is 10.1 Å². The van der Waals surface area contributed by atoms with E-state index in [1.54, 1.807) is 6.07 Å². The lowest BCUT2D eigenvalue weighted by molar-refractivity contribution is -0.139. The maximum absolute atomic E-state index is 11.9. The number of aromatic amines is 1. The van der Waals surface area contributed by atoms with Crippen LogP contribution in [0.3, 0.4) is 0 Å². The molecule has 1 unspecified atom stereocenters. The normalized spacial score (nSPS) is 30.5. The summed E-state index contributed by atoms with van der Waals surface area (Å²) in [4.78, 5) is 25.9. The molecule has 1 heterocycles. The number of rotatable bonds is 2. The van der Waals surface area contributed by atoms with Gasteiger partial charge in [0.25, 0.3) is 0 Å². The number of carboxylic acid groups (broad SMARTS) is 1. The second-order valence-electron chi connectivity index (χ2n) is 6.87. The maximum atomic E-state index is 11.9. The number of hydrogen-bond acceptors (Lipinski definition) is 2. The molecule has 4 rings (SSSR count). The average molecular weight is 297 g/mol. The second kappa shape index (κ2) is 4.70. The molecule has 2 N–H and O–H groups in total. The molecule has 22 heavy (non-hydrogen) atoms. The zero-order valence-corrected chi connectivity index (χ0v) is 12.3. The van der Waals surface area contributed by atoms with Crippen LogP contribution in [0.1, 0.15) is 43.6 Å². The van der Waals surface area contributed by atoms with Crippen molar-refractivity contribution in [1.29, 1.82) is 0 Å². The molecule has 0 bridgehead atoms. The van der Waals surface area contributed by atoms with Crippen molar-refractivity contribution in [2.24, 2.45) is 11.3 Å². The first-order chi connectivity index (χ1) is 10.6. The molecule has 2 aromatic rings. The molecular weight excluding hydrogens is 278 g/mol. The van der Waals surface area contributed by atoms with Gasteiger partial charge in [-0.15, -0.1) is 0 Å². The predicted molar refractivity (Wildman–Crippen MR) is 84.0 cm³/mol. The molecule has 1 aromatic heterocycles. The van der Waals surface area contributed by atoms with Gasteiger partial charge in [0.2, 0.25) is 5.56 Å². The molecule has 2 aliphatic carbocycles. The first-order valence-electron chi connectivity index (χ1n) is 7.94. The lowest BCUT2D eigenvalue weighted by atomic mass is 9.75. The maximum Gasteiger partial charge on any atom is 0.307 e. The van der Waals surface area contributed by atoms with E-state index < -0.39 is 5.97 Å². The van der Waals surface area contributed by atoms with E-state index in [2.05, 4.69) is 11.1 Å². The molecule has 1 aromatic carbocycles. The first kappa shape index (κ1) is 13.6. The number of pyridine rings is 1. The molecule has 1 atom stereocenters. The van der Waals surface area contributed by atoms with E-state index in [9.17, 15) is 14.7 Å². The van der Waals surface area contributed by atoms with Crippen LogP contribution in [0, 0.1) is 11.3 Å². The van der Waals surface area contributed by atoms with E-state index in [-0.39, 0.29) is 16.9 Å². The fraction of sp³-hybridized carbons (Fsp3) is 0.444. The number of H-pyrrole nitrogens is 1. The van der Waals surface area contributed by atoms with E-state index in [1.165, 1.54) is 0 Å². The van der Waals surface area contributed by atoms with E-state index in [0.717, 1.165) is 48.6 Å². The average Bonchev–Trinajstić information content (AvgIpc) is 3.21. The molecule has 0 amide bonds. The molecular formula is C18H19NO3. The van der Waals surface area contributed by atoms with Crippen LogP contribution in [-0.4, -0.2) is 16.1 Å². The van der Waals surface area contributed by atoms with Gasteiger partial charge in [-0.25, -0.2) is 0 Å². The number of benzene rings is 1. The number of aliphatic carboxylic acids is 1. The van der Waals surface area contributed by atoms with Crippen molar-refractivity contribution in [2.75, 3.05) is 0 Å². The number of para-hydroxylation sites is 1. The summed E-state index contributed by atoms with van der Waals surface area (Å²) in [5.41, 5.74) is 2.02. The number of hydrogen-bond donors (Lipinski definition) is 2. The molecule has 2 fully saturated rings. The third kappa shape index (κ3) is 2.05. The summed E-state index contributed by atoms with van der Waals surface area (Å²) in [5, 5.41) is 10.3. The van der Waals surface area contributed by atoms with Crippen LogP contribution in [0.15, 0.2) is 35.1 Å². The van der Waals surface area contributed by atoms with E-state index in [4.69, 9.17) is 0 Å². The van der Waals surface area contributed by atoms with Crippen molar-refractivity contribution >= 4 is 16.9 Å². The third-order valence-electron chi connectivity index (χ3n) is 5.69. The van der Waals surface area contributed by atoms with Crippen molar-refractivity contribution in [1.82, 2.24) is 4.98 Å². The van der Waals surface area contributed by atoms with Crippen molar-refractivity contribution < 1.29 is 9.90 Å². The lowest BCUT2D eigenvalue weighted by Crippen LogP contribution is -2.20. The van der Waals surface area contributed by atoms with Crippen LogP contribution in [0.2, 0.25) is 0 Å². The summed E-state index contributed by atoms with van der Waals surface area (Å²) in [6.45, 7) is 0. The number of aromatic nitrogens is 1. The Balaban J connectivity index is 1.62. The molecule has 0 radical (unpaired) electrons. The highest BCUT2D eigenvalue weighted by Crippen LogP contribution is 2.63. The summed E-state index contributed by atoms with van der Waals surface area (Å²) in [6.07, 6.45) is 4.74. The Morgan fingerprint density at radius 1 is 1.23 bits per heavy atom. The van der Waals surface area contributed by atoms with Crippen molar-refractivity contribution in [3.63, 3.8) is 0 Å². The van der Waals surface area contributed by atoms with Crippen LogP contribution in [0.25, 0.3) is 10.9 Å². The largest absolute Gasteiger partial charge is 0.481 e. The minimum Gasteiger partial charge on any atom is -0.481 e. The molecule has 4 heteroatoms. The van der Waals surface area contributed by atoms with Crippen LogP contribution in [0.4, 0.5) is 0 Å². The SMILES string of the molecule is O=C(O)C1CC12CCC(c1cc(=O)[nH]c3ccccc13)CC2. The highest BCUT2D eigenvalue weighted by molar-refractivity contribution is 5.82. The second-order valence-corrected chi connectivity index (χ2v) is 6.87. The Morgan fingerprint density at radius 3 is 2.64 bits per heavy atom. The number of carboxylic acids is 1. The van der Waals surface area contributed by atoms with Gasteiger partial charge in [-0.2, -0.15) is 0 Å². The van der Waals surface area contributed by atoms with E-state index >= 15 is 0 Å². The fourth-order valence-electron chi connectivity index (χ4n) is 4.32. The van der Waals surface area contributed by atoms with Gasteiger partial charge in [-0.05, 0) is 55.1 Å². The summed E-state index contributed by atoms with van der Waals surface area (Å²) < 4.78 is 0. The minimum atomic E-state index is -0.639. The summed E-state index contributed by atoms with van der Waals surface area (Å²) in [6, 6.07) is 9.65. The zero-order valence-electron chi connectivity index (χ0n) is 12.3. The molecule has 4 nitrogen and oxygen atoms in total. The molecule has 1 spiro atoms. The lowest BCUT2D eigenvalue weighted by Gasteiger charge is -2.29. The monoisotopic (exact) mass is 297 g/mol. The molecule has 2 aliphatic rings. The van der Waals surface area contributed by atoms with Crippen LogP contribution >= 0.6 is 0 Å². The Kier molecular flexibility index (Phi) is 2.90. The number of fused-ring (bicyclic) bond motifs is 1. The Bertz CT molecular complexity index is 799.